The Labute approximate surface area is 387 Å². The highest BCUT2D eigenvalue weighted by molar-refractivity contribution is 5.75. The quantitative estimate of drug-likeness (QED) is 0.0919. The first-order valence-corrected chi connectivity index (χ1v) is 21.1. The zero-order valence-corrected chi connectivity index (χ0v) is 36.9. The van der Waals surface area contributed by atoms with E-state index >= 15 is 0 Å². The number of rotatable bonds is 13. The van der Waals surface area contributed by atoms with Gasteiger partial charge in [-0.1, -0.05) is 61.4 Å². The molecule has 0 amide bonds. The molecule has 4 aromatic rings. The van der Waals surface area contributed by atoms with E-state index in [9.17, 15) is 56.7 Å². The molecule has 4 N–H and O–H groups in total. The SMILES string of the molecule is Cc1c(COc2ccc(CN3CCCC[C@H]3C(=O)O)cc2C#N)cccc1-c1cccc(COc2ccc(CN3CCCC[C@H]3C(=O)O)cc2C#N)c1C.O=C(O)C(F)(F)F.O=C(O)C(F)(F)F. The Morgan fingerprint density at radius 2 is 0.956 bits per heavy atom. The number of alkyl halides is 6. The van der Waals surface area contributed by atoms with Crippen LogP contribution in [0.2, 0.25) is 0 Å². The third kappa shape index (κ3) is 14.9. The highest BCUT2D eigenvalue weighted by Crippen LogP contribution is 2.33. The Balaban J connectivity index is 0.000000626. The second kappa shape index (κ2) is 24.0. The molecule has 68 heavy (non-hydrogen) atoms. The van der Waals surface area contributed by atoms with Gasteiger partial charge in [-0.15, -0.1) is 0 Å². The van der Waals surface area contributed by atoms with E-state index < -0.39 is 48.3 Å². The van der Waals surface area contributed by atoms with Gasteiger partial charge in [-0.25, -0.2) is 9.59 Å². The van der Waals surface area contributed by atoms with Crippen LogP contribution in [0.4, 0.5) is 26.3 Å². The lowest BCUT2D eigenvalue weighted by Crippen LogP contribution is -2.44. The summed E-state index contributed by atoms with van der Waals surface area (Å²) in [5.41, 5.74) is 8.78. The summed E-state index contributed by atoms with van der Waals surface area (Å²) in [4.78, 5) is 45.3. The van der Waals surface area contributed by atoms with Gasteiger partial charge in [-0.2, -0.15) is 36.9 Å². The molecule has 6 rings (SSSR count). The van der Waals surface area contributed by atoms with E-state index in [2.05, 4.69) is 38.1 Å². The number of halogens is 6. The molecule has 362 valence electrons. The summed E-state index contributed by atoms with van der Waals surface area (Å²) in [6.07, 6.45) is -5.17. The zero-order valence-electron chi connectivity index (χ0n) is 36.9. The number of nitriles is 2. The topological polar surface area (TPSA) is 222 Å². The molecule has 2 aliphatic rings. The van der Waals surface area contributed by atoms with Crippen LogP contribution in [-0.4, -0.2) is 91.6 Å². The van der Waals surface area contributed by atoms with Crippen LogP contribution in [0.15, 0.2) is 72.8 Å². The molecule has 0 spiro atoms. The summed E-state index contributed by atoms with van der Waals surface area (Å²) < 4.78 is 75.9. The van der Waals surface area contributed by atoms with Gasteiger partial charge in [-0.05, 0) is 121 Å². The average molecular weight is 955 g/mol. The molecular formula is C48H48F6N4O10. The molecule has 20 heteroatoms. The number of nitrogens with zero attached hydrogens (tertiary/aromatic N) is 4. The van der Waals surface area contributed by atoms with Crippen LogP contribution in [0.25, 0.3) is 11.1 Å². The number of hydrogen-bond donors (Lipinski definition) is 4. The van der Waals surface area contributed by atoms with Gasteiger partial charge in [0.05, 0.1) is 11.1 Å². The second-order valence-corrected chi connectivity index (χ2v) is 15.9. The highest BCUT2D eigenvalue weighted by Gasteiger charge is 2.39. The first-order chi connectivity index (χ1) is 32.0. The third-order valence-corrected chi connectivity index (χ3v) is 11.3. The first kappa shape index (κ1) is 53.5. The number of carbonyl (C=O) groups is 4. The summed E-state index contributed by atoms with van der Waals surface area (Å²) in [6.45, 7) is 7.04. The number of hydrogen-bond acceptors (Lipinski definition) is 10. The van der Waals surface area contributed by atoms with Crippen LogP contribution in [-0.2, 0) is 45.5 Å². The van der Waals surface area contributed by atoms with E-state index in [0.29, 0.717) is 48.6 Å². The van der Waals surface area contributed by atoms with Gasteiger partial charge in [0.15, 0.2) is 0 Å². The van der Waals surface area contributed by atoms with Gasteiger partial charge < -0.3 is 29.9 Å². The van der Waals surface area contributed by atoms with Crippen molar-refractivity contribution in [2.24, 2.45) is 0 Å². The van der Waals surface area contributed by atoms with Crippen molar-refractivity contribution in [2.75, 3.05) is 13.1 Å². The van der Waals surface area contributed by atoms with Crippen LogP contribution < -0.4 is 9.47 Å². The minimum Gasteiger partial charge on any atom is -0.488 e. The molecule has 2 saturated heterocycles. The first-order valence-electron chi connectivity index (χ1n) is 21.1. The largest absolute Gasteiger partial charge is 0.490 e. The maximum Gasteiger partial charge on any atom is 0.490 e. The van der Waals surface area contributed by atoms with Gasteiger partial charge in [0.2, 0.25) is 0 Å². The van der Waals surface area contributed by atoms with Gasteiger partial charge in [0.25, 0.3) is 0 Å². The number of ether oxygens (including phenoxy) is 2. The molecule has 0 saturated carbocycles. The van der Waals surface area contributed by atoms with Crippen molar-refractivity contribution in [2.45, 2.75) is 103 Å². The standard InChI is InChI=1S/C44H46N4O6.2C2HF3O2/c1-29-33(27-53-41-17-15-31(21-35(41)23-45)25-47-19-5-3-13-39(47)43(49)50)9-7-11-37(29)38-12-8-10-34(30(38)2)28-54-42-18-16-32(22-36(42)24-46)26-48-20-6-4-14-40(48)44(51)52;2*3-2(4,5)1(6)7/h7-12,15-18,21-22,39-40H,3-6,13-14,19-20,25-28H2,1-2H3,(H,49,50)(H,51,52);2*(H,6,7)/t39-,40-;;/m0../s1. The molecular weight excluding hydrogens is 907 g/mol. The monoisotopic (exact) mass is 954 g/mol. The maximum atomic E-state index is 11.8. The molecule has 0 bridgehead atoms. The van der Waals surface area contributed by atoms with E-state index in [-0.39, 0.29) is 13.2 Å². The number of benzene rings is 4. The van der Waals surface area contributed by atoms with Gasteiger partial charge in [0.1, 0.15) is 48.9 Å². The fourth-order valence-electron chi connectivity index (χ4n) is 7.74. The second-order valence-electron chi connectivity index (χ2n) is 15.9. The van der Waals surface area contributed by atoms with E-state index in [1.54, 1.807) is 24.3 Å². The summed E-state index contributed by atoms with van der Waals surface area (Å²) >= 11 is 0. The van der Waals surface area contributed by atoms with Crippen LogP contribution in [0.5, 0.6) is 11.5 Å². The minimum absolute atomic E-state index is 0.268. The van der Waals surface area contributed by atoms with Gasteiger partial charge >= 0.3 is 36.2 Å². The van der Waals surface area contributed by atoms with Crippen LogP contribution in [0, 0.1) is 36.5 Å². The Morgan fingerprint density at radius 1 is 0.603 bits per heavy atom. The molecule has 2 heterocycles. The van der Waals surface area contributed by atoms with Crippen molar-refractivity contribution in [3.05, 3.63) is 117 Å². The number of piperidine rings is 2. The smallest absolute Gasteiger partial charge is 0.488 e. The molecule has 2 fully saturated rings. The zero-order chi connectivity index (χ0) is 50.3. The van der Waals surface area contributed by atoms with E-state index in [1.807, 2.05) is 46.2 Å². The Bertz CT molecular complexity index is 2360. The number of carboxylic acid groups (broad SMARTS) is 4. The third-order valence-electron chi connectivity index (χ3n) is 11.3. The molecule has 0 radical (unpaired) electrons. The summed E-state index contributed by atoms with van der Waals surface area (Å²) in [5, 5.41) is 53.5. The number of aliphatic carboxylic acids is 4. The van der Waals surface area contributed by atoms with E-state index in [4.69, 9.17) is 29.3 Å². The van der Waals surface area contributed by atoms with Crippen LogP contribution in [0.1, 0.15) is 83.0 Å². The Hall–Kier alpha value is -7.16. The van der Waals surface area contributed by atoms with E-state index in [0.717, 1.165) is 83.3 Å². The predicted octanol–water partition coefficient (Wildman–Crippen LogP) is 9.02. The lowest BCUT2D eigenvalue weighted by atomic mass is 9.92. The molecule has 2 aliphatic heterocycles. The predicted molar refractivity (Wildman–Crippen MR) is 231 cm³/mol. The minimum atomic E-state index is -5.08. The Kier molecular flexibility index (Phi) is 18.9. The molecule has 2 atom stereocenters. The maximum absolute atomic E-state index is 11.8. The summed E-state index contributed by atoms with van der Waals surface area (Å²) in [7, 11) is 0. The van der Waals surface area contributed by atoms with Crippen molar-refractivity contribution < 1.29 is 75.4 Å². The number of carboxylic acids is 4. The lowest BCUT2D eigenvalue weighted by Gasteiger charge is -2.32. The number of likely N-dealkylation sites (tertiary alicyclic amines) is 2. The molecule has 4 aromatic carbocycles. The van der Waals surface area contributed by atoms with E-state index in [1.165, 1.54) is 0 Å². The molecule has 0 aromatic heterocycles. The summed E-state index contributed by atoms with van der Waals surface area (Å²) in [6, 6.07) is 26.7. The van der Waals surface area contributed by atoms with Gasteiger partial charge in [-0.3, -0.25) is 19.4 Å². The molecule has 0 unspecified atom stereocenters. The normalized spacial score (nSPS) is 16.3. The van der Waals surface area contributed by atoms with Crippen molar-refractivity contribution in [3.63, 3.8) is 0 Å². The van der Waals surface area contributed by atoms with Crippen molar-refractivity contribution in [3.8, 4) is 34.8 Å². The van der Waals surface area contributed by atoms with Crippen LogP contribution >= 0.6 is 0 Å². The summed E-state index contributed by atoms with van der Waals surface area (Å²) in [5.74, 6) is -6.16. The fourth-order valence-corrected chi connectivity index (χ4v) is 7.74. The Morgan fingerprint density at radius 3 is 1.26 bits per heavy atom. The molecule has 0 aliphatic carbocycles. The average Bonchev–Trinajstić information content (AvgIpc) is 3.29. The van der Waals surface area contributed by atoms with Gasteiger partial charge in [0, 0.05) is 13.1 Å². The van der Waals surface area contributed by atoms with Crippen molar-refractivity contribution in [1.29, 1.82) is 10.5 Å². The molecule has 14 nitrogen and oxygen atoms in total. The lowest BCUT2D eigenvalue weighted by molar-refractivity contribution is -0.193. The highest BCUT2D eigenvalue weighted by atomic mass is 19.4. The van der Waals surface area contributed by atoms with Crippen molar-refractivity contribution in [1.82, 2.24) is 9.80 Å². The fraction of sp³-hybridized carbons (Fsp3) is 0.375. The van der Waals surface area contributed by atoms with Crippen LogP contribution in [0.3, 0.4) is 0 Å². The van der Waals surface area contributed by atoms with Crippen molar-refractivity contribution >= 4 is 23.9 Å².